The lowest BCUT2D eigenvalue weighted by atomic mass is 10.2. The van der Waals surface area contributed by atoms with Gasteiger partial charge in [-0.15, -0.1) is 0 Å². The molecule has 0 aliphatic carbocycles. The van der Waals surface area contributed by atoms with E-state index in [0.717, 1.165) is 6.42 Å². The van der Waals surface area contributed by atoms with Crippen LogP contribution >= 0.6 is 11.6 Å². The second kappa shape index (κ2) is 5.52. The Balaban J connectivity index is 2.02. The van der Waals surface area contributed by atoms with Gasteiger partial charge in [-0.3, -0.25) is 9.59 Å². The predicted octanol–water partition coefficient (Wildman–Crippen LogP) is 0.823. The van der Waals surface area contributed by atoms with Gasteiger partial charge in [0.05, 0.1) is 11.6 Å². The lowest BCUT2D eigenvalue weighted by Gasteiger charge is -2.23. The molecule has 0 bridgehead atoms. The molecule has 102 valence electrons. The van der Waals surface area contributed by atoms with Gasteiger partial charge in [0.2, 0.25) is 11.2 Å². The molecular weight excluding hydrogens is 268 g/mol. The number of aromatic nitrogens is 2. The minimum Gasteiger partial charge on any atom is -0.341 e. The second-order valence-electron chi connectivity index (χ2n) is 4.56. The molecule has 1 saturated heterocycles. The van der Waals surface area contributed by atoms with Crippen LogP contribution in [0.3, 0.4) is 0 Å². The number of hydrogen-bond donors (Lipinski definition) is 0. The third-order valence-corrected chi connectivity index (χ3v) is 3.56. The summed E-state index contributed by atoms with van der Waals surface area (Å²) in [5, 5.41) is 0.118. The van der Waals surface area contributed by atoms with E-state index >= 15 is 0 Å². The molecule has 0 aromatic carbocycles. The Morgan fingerprint density at radius 1 is 1.42 bits per heavy atom. The Morgan fingerprint density at radius 3 is 2.63 bits per heavy atom. The van der Waals surface area contributed by atoms with Crippen molar-refractivity contribution >= 4 is 23.4 Å². The minimum atomic E-state index is -0.129. The summed E-state index contributed by atoms with van der Waals surface area (Å²) in [5.41, 5.74) is 0.413. The lowest BCUT2D eigenvalue weighted by molar-refractivity contribution is -0.129. The molecule has 2 rings (SSSR count). The number of likely N-dealkylation sites (tertiary alicyclic amines) is 1. The van der Waals surface area contributed by atoms with Gasteiger partial charge in [-0.05, 0) is 18.0 Å². The van der Waals surface area contributed by atoms with Crippen molar-refractivity contribution in [3.05, 3.63) is 23.2 Å². The van der Waals surface area contributed by atoms with Gasteiger partial charge < -0.3 is 9.80 Å². The van der Waals surface area contributed by atoms with E-state index in [0.29, 0.717) is 18.7 Å². The quantitative estimate of drug-likeness (QED) is 0.754. The van der Waals surface area contributed by atoms with E-state index in [-0.39, 0.29) is 23.1 Å². The van der Waals surface area contributed by atoms with Crippen molar-refractivity contribution in [2.24, 2.45) is 0 Å². The fraction of sp³-hybridized carbons (Fsp3) is 0.500. The maximum absolute atomic E-state index is 12.2. The van der Waals surface area contributed by atoms with Gasteiger partial charge in [-0.25, -0.2) is 9.97 Å². The summed E-state index contributed by atoms with van der Waals surface area (Å²) in [6, 6.07) is 0.0784. The van der Waals surface area contributed by atoms with Crippen molar-refractivity contribution < 1.29 is 9.59 Å². The van der Waals surface area contributed by atoms with Gasteiger partial charge in [0.1, 0.15) is 0 Å². The number of rotatable bonds is 2. The SMILES string of the molecule is CC(=O)N(C)[C@H]1CCN(C(=O)c2cnc(Cl)nc2)C1. The van der Waals surface area contributed by atoms with Crippen LogP contribution in [0.4, 0.5) is 0 Å². The van der Waals surface area contributed by atoms with Gasteiger partial charge in [-0.1, -0.05) is 0 Å². The van der Waals surface area contributed by atoms with Gasteiger partial charge in [0.15, 0.2) is 0 Å². The maximum Gasteiger partial charge on any atom is 0.257 e. The molecule has 1 aliphatic heterocycles. The van der Waals surface area contributed by atoms with Crippen LogP contribution in [-0.4, -0.2) is 57.8 Å². The second-order valence-corrected chi connectivity index (χ2v) is 4.90. The van der Waals surface area contributed by atoms with E-state index in [2.05, 4.69) is 9.97 Å². The Bertz CT molecular complexity index is 491. The monoisotopic (exact) mass is 282 g/mol. The van der Waals surface area contributed by atoms with Crippen molar-refractivity contribution in [3.63, 3.8) is 0 Å². The molecule has 0 unspecified atom stereocenters. The Morgan fingerprint density at radius 2 is 2.05 bits per heavy atom. The Kier molecular flexibility index (Phi) is 3.99. The molecule has 2 amide bonds. The molecule has 1 aliphatic rings. The standard InChI is InChI=1S/C12H15ClN4O2/c1-8(18)16(2)10-3-4-17(7-10)11(19)9-5-14-12(13)15-6-9/h5-6,10H,3-4,7H2,1-2H3/t10-/m0/s1. The van der Waals surface area contributed by atoms with Gasteiger partial charge in [0.25, 0.3) is 5.91 Å². The third-order valence-electron chi connectivity index (χ3n) is 3.36. The zero-order chi connectivity index (χ0) is 14.0. The van der Waals surface area contributed by atoms with Crippen LogP contribution in [0.1, 0.15) is 23.7 Å². The van der Waals surface area contributed by atoms with Crippen molar-refractivity contribution in [2.45, 2.75) is 19.4 Å². The highest BCUT2D eigenvalue weighted by atomic mass is 35.5. The summed E-state index contributed by atoms with van der Waals surface area (Å²) in [7, 11) is 1.76. The number of carbonyl (C=O) groups is 2. The first-order chi connectivity index (χ1) is 8.99. The normalized spacial score (nSPS) is 18.5. The minimum absolute atomic E-state index is 0.00845. The Hall–Kier alpha value is -1.69. The van der Waals surface area contributed by atoms with E-state index in [9.17, 15) is 9.59 Å². The molecule has 1 aromatic rings. The molecule has 7 heteroatoms. The topological polar surface area (TPSA) is 66.4 Å². The summed E-state index contributed by atoms with van der Waals surface area (Å²) in [5.74, 6) is -0.120. The molecule has 19 heavy (non-hydrogen) atoms. The highest BCUT2D eigenvalue weighted by molar-refractivity contribution is 6.28. The molecule has 6 nitrogen and oxygen atoms in total. The van der Waals surface area contributed by atoms with Crippen LogP contribution in [0, 0.1) is 0 Å². The summed E-state index contributed by atoms with van der Waals surface area (Å²) < 4.78 is 0. The van der Waals surface area contributed by atoms with E-state index in [4.69, 9.17) is 11.6 Å². The summed E-state index contributed by atoms with van der Waals surface area (Å²) in [4.78, 5) is 34.5. The van der Waals surface area contributed by atoms with Gasteiger partial charge in [0, 0.05) is 39.5 Å². The first kappa shape index (κ1) is 13.7. The van der Waals surface area contributed by atoms with Crippen molar-refractivity contribution in [2.75, 3.05) is 20.1 Å². The lowest BCUT2D eigenvalue weighted by Crippen LogP contribution is -2.38. The molecule has 0 spiro atoms. The molecule has 1 aromatic heterocycles. The van der Waals surface area contributed by atoms with Crippen molar-refractivity contribution in [1.29, 1.82) is 0 Å². The highest BCUT2D eigenvalue weighted by Gasteiger charge is 2.30. The fourth-order valence-electron chi connectivity index (χ4n) is 2.10. The van der Waals surface area contributed by atoms with Crippen LogP contribution < -0.4 is 0 Å². The van der Waals surface area contributed by atoms with Crippen LogP contribution in [0.15, 0.2) is 12.4 Å². The average molecular weight is 283 g/mol. The zero-order valence-electron chi connectivity index (χ0n) is 10.8. The zero-order valence-corrected chi connectivity index (χ0v) is 11.6. The summed E-state index contributed by atoms with van der Waals surface area (Å²) in [6.07, 6.45) is 3.62. The van der Waals surface area contributed by atoms with Crippen LogP contribution in [0.5, 0.6) is 0 Å². The van der Waals surface area contributed by atoms with Crippen molar-refractivity contribution in [1.82, 2.24) is 19.8 Å². The number of likely N-dealkylation sites (N-methyl/N-ethyl adjacent to an activating group) is 1. The first-order valence-corrected chi connectivity index (χ1v) is 6.37. The molecular formula is C12H15ClN4O2. The average Bonchev–Trinajstić information content (AvgIpc) is 2.87. The molecule has 0 N–H and O–H groups in total. The fourth-order valence-corrected chi connectivity index (χ4v) is 2.20. The maximum atomic E-state index is 12.2. The first-order valence-electron chi connectivity index (χ1n) is 5.99. The van der Waals surface area contributed by atoms with E-state index in [1.54, 1.807) is 16.8 Å². The van der Waals surface area contributed by atoms with E-state index in [1.165, 1.54) is 19.3 Å². The number of carbonyl (C=O) groups excluding carboxylic acids is 2. The predicted molar refractivity (Wildman–Crippen MR) is 69.8 cm³/mol. The molecule has 1 atom stereocenters. The third kappa shape index (κ3) is 3.01. The Labute approximate surface area is 116 Å². The molecule has 2 heterocycles. The van der Waals surface area contributed by atoms with Crippen LogP contribution in [0.2, 0.25) is 5.28 Å². The summed E-state index contributed by atoms with van der Waals surface area (Å²) in [6.45, 7) is 2.69. The molecule has 0 saturated carbocycles. The largest absolute Gasteiger partial charge is 0.341 e. The van der Waals surface area contributed by atoms with Crippen LogP contribution in [0.25, 0.3) is 0 Å². The number of hydrogen-bond acceptors (Lipinski definition) is 4. The smallest absolute Gasteiger partial charge is 0.257 e. The number of halogens is 1. The van der Waals surface area contributed by atoms with Gasteiger partial charge >= 0.3 is 0 Å². The molecule has 0 radical (unpaired) electrons. The van der Waals surface area contributed by atoms with Crippen LogP contribution in [-0.2, 0) is 4.79 Å². The van der Waals surface area contributed by atoms with E-state index < -0.39 is 0 Å². The molecule has 1 fully saturated rings. The van der Waals surface area contributed by atoms with E-state index in [1.807, 2.05) is 0 Å². The number of nitrogens with zero attached hydrogens (tertiary/aromatic N) is 4. The summed E-state index contributed by atoms with van der Waals surface area (Å²) >= 11 is 5.58. The van der Waals surface area contributed by atoms with Gasteiger partial charge in [-0.2, -0.15) is 0 Å². The highest BCUT2D eigenvalue weighted by Crippen LogP contribution is 2.17. The van der Waals surface area contributed by atoms with Crippen molar-refractivity contribution in [3.8, 4) is 0 Å². The number of amides is 2.